The Morgan fingerprint density at radius 1 is 0.667 bits per heavy atom. The number of rotatable bonds is 5. The van der Waals surface area contributed by atoms with Crippen LogP contribution in [0.5, 0.6) is 11.5 Å². The molecule has 0 radical (unpaired) electrons. The van der Waals surface area contributed by atoms with Gasteiger partial charge in [-0.2, -0.15) is 0 Å². The minimum atomic E-state index is -4.83. The first-order valence-corrected chi connectivity index (χ1v) is 8.22. The number of pyridine rings is 1. The number of nitrogens with zero attached hydrogens (tertiary/aromatic N) is 1. The van der Waals surface area contributed by atoms with Gasteiger partial charge in [-0.15, -0.1) is 26.3 Å². The molecule has 156 valence electrons. The molecule has 0 saturated heterocycles. The van der Waals surface area contributed by atoms with Crippen molar-refractivity contribution in [3.63, 3.8) is 0 Å². The molecule has 10 heteroatoms. The van der Waals surface area contributed by atoms with E-state index in [4.69, 9.17) is 0 Å². The van der Waals surface area contributed by atoms with E-state index >= 15 is 0 Å². The number of halogens is 6. The maximum absolute atomic E-state index is 12.3. The highest BCUT2D eigenvalue weighted by molar-refractivity contribution is 5.81. The Labute approximate surface area is 165 Å². The summed E-state index contributed by atoms with van der Waals surface area (Å²) in [7, 11) is 0. The van der Waals surface area contributed by atoms with Crippen molar-refractivity contribution in [2.24, 2.45) is 0 Å². The third kappa shape index (κ3) is 5.72. The van der Waals surface area contributed by atoms with E-state index < -0.39 is 24.2 Å². The molecule has 0 bridgehead atoms. The third-order valence-corrected chi connectivity index (χ3v) is 3.75. The Kier molecular flexibility index (Phi) is 5.68. The second kappa shape index (κ2) is 8.05. The number of aromatic nitrogens is 1. The number of carbonyl (C=O) groups excluding carboxylic acids is 1. The fourth-order valence-corrected chi connectivity index (χ4v) is 2.57. The minimum absolute atomic E-state index is 0.223. The molecule has 0 atom stereocenters. The molecule has 0 amide bonds. The highest BCUT2D eigenvalue weighted by Crippen LogP contribution is 2.30. The summed E-state index contributed by atoms with van der Waals surface area (Å²) in [4.78, 5) is 15.6. The van der Waals surface area contributed by atoms with Gasteiger partial charge in [0.15, 0.2) is 0 Å². The predicted octanol–water partition coefficient (Wildman–Crippen LogP) is 6.03. The van der Waals surface area contributed by atoms with Crippen LogP contribution in [-0.4, -0.2) is 24.0 Å². The number of ether oxygens (including phenoxy) is 2. The third-order valence-electron chi connectivity index (χ3n) is 3.75. The van der Waals surface area contributed by atoms with Crippen LogP contribution < -0.4 is 9.47 Å². The number of alkyl halides is 6. The van der Waals surface area contributed by atoms with Crippen LogP contribution in [0.4, 0.5) is 26.3 Å². The number of hydrogen-bond acceptors (Lipinski definition) is 4. The molecule has 3 aromatic rings. The van der Waals surface area contributed by atoms with E-state index in [0.29, 0.717) is 17.4 Å². The standard InChI is InChI=1S/C20H11F6NO3/c21-19(22,23)29-15-5-1-13(2-6-15)17-9-12(11-28)10-18(27-17)14-3-7-16(8-4-14)30-20(24,25)26/h1-11H. The van der Waals surface area contributed by atoms with Crippen molar-refractivity contribution in [1.82, 2.24) is 4.98 Å². The first kappa shape index (κ1) is 21.2. The van der Waals surface area contributed by atoms with E-state index in [-0.39, 0.29) is 17.0 Å². The van der Waals surface area contributed by atoms with Crippen LogP contribution in [-0.2, 0) is 0 Å². The largest absolute Gasteiger partial charge is 0.573 e. The summed E-state index contributed by atoms with van der Waals surface area (Å²) in [6, 6.07) is 12.6. The van der Waals surface area contributed by atoms with Crippen LogP contribution in [0.25, 0.3) is 22.5 Å². The van der Waals surface area contributed by atoms with E-state index in [9.17, 15) is 31.1 Å². The normalized spacial score (nSPS) is 11.8. The van der Waals surface area contributed by atoms with Gasteiger partial charge in [0.2, 0.25) is 0 Å². The molecule has 1 aromatic heterocycles. The van der Waals surface area contributed by atoms with Gasteiger partial charge < -0.3 is 9.47 Å². The quantitative estimate of drug-likeness (QED) is 0.369. The van der Waals surface area contributed by atoms with Gasteiger partial charge in [-0.05, 0) is 60.7 Å². The molecule has 30 heavy (non-hydrogen) atoms. The molecular weight excluding hydrogens is 416 g/mol. The first-order valence-electron chi connectivity index (χ1n) is 8.22. The topological polar surface area (TPSA) is 48.4 Å². The van der Waals surface area contributed by atoms with E-state index in [1.54, 1.807) is 0 Å². The monoisotopic (exact) mass is 427 g/mol. The van der Waals surface area contributed by atoms with Crippen LogP contribution in [0.15, 0.2) is 60.7 Å². The predicted molar refractivity (Wildman–Crippen MR) is 93.9 cm³/mol. The molecule has 0 spiro atoms. The molecule has 0 aliphatic rings. The van der Waals surface area contributed by atoms with Crippen LogP contribution in [0.1, 0.15) is 10.4 Å². The van der Waals surface area contributed by atoms with Gasteiger partial charge in [-0.3, -0.25) is 4.79 Å². The van der Waals surface area contributed by atoms with Gasteiger partial charge in [-0.25, -0.2) is 4.98 Å². The molecule has 0 N–H and O–H groups in total. The zero-order valence-corrected chi connectivity index (χ0v) is 14.8. The van der Waals surface area contributed by atoms with Gasteiger partial charge in [0.1, 0.15) is 17.8 Å². The van der Waals surface area contributed by atoms with Crippen LogP contribution in [0, 0.1) is 0 Å². The Balaban J connectivity index is 1.91. The Morgan fingerprint density at radius 2 is 1.03 bits per heavy atom. The second-order valence-electron chi connectivity index (χ2n) is 5.93. The van der Waals surface area contributed by atoms with Crippen molar-refractivity contribution >= 4 is 6.29 Å². The van der Waals surface area contributed by atoms with E-state index in [2.05, 4.69) is 14.5 Å². The van der Waals surface area contributed by atoms with Crippen molar-refractivity contribution in [3.8, 4) is 34.0 Å². The molecule has 0 aliphatic carbocycles. The van der Waals surface area contributed by atoms with Crippen LogP contribution in [0.2, 0.25) is 0 Å². The summed E-state index contributed by atoms with van der Waals surface area (Å²) in [5, 5.41) is 0. The zero-order valence-electron chi connectivity index (χ0n) is 14.8. The summed E-state index contributed by atoms with van der Waals surface area (Å²) < 4.78 is 81.3. The number of carbonyl (C=O) groups is 1. The molecule has 0 fully saturated rings. The fraction of sp³-hybridized carbons (Fsp3) is 0.100. The molecule has 2 aromatic carbocycles. The van der Waals surface area contributed by atoms with Gasteiger partial charge in [0.25, 0.3) is 0 Å². The lowest BCUT2D eigenvalue weighted by atomic mass is 10.0. The number of aldehydes is 1. The smallest absolute Gasteiger partial charge is 0.406 e. The second-order valence-corrected chi connectivity index (χ2v) is 5.93. The highest BCUT2D eigenvalue weighted by atomic mass is 19.4. The van der Waals surface area contributed by atoms with Crippen molar-refractivity contribution < 1.29 is 40.6 Å². The average Bonchev–Trinajstić information content (AvgIpc) is 2.66. The lowest BCUT2D eigenvalue weighted by molar-refractivity contribution is -0.275. The van der Waals surface area contributed by atoms with Crippen molar-refractivity contribution in [1.29, 1.82) is 0 Å². The summed E-state index contributed by atoms with van der Waals surface area (Å²) in [5.41, 5.74) is 1.60. The van der Waals surface area contributed by atoms with E-state index in [0.717, 1.165) is 24.3 Å². The van der Waals surface area contributed by atoms with Gasteiger partial charge in [0, 0.05) is 16.7 Å². The molecule has 1 heterocycles. The van der Waals surface area contributed by atoms with E-state index in [1.807, 2.05) is 0 Å². The SMILES string of the molecule is O=Cc1cc(-c2ccc(OC(F)(F)F)cc2)nc(-c2ccc(OC(F)(F)F)cc2)c1. The van der Waals surface area contributed by atoms with Crippen molar-refractivity contribution in [2.45, 2.75) is 12.7 Å². The van der Waals surface area contributed by atoms with Crippen molar-refractivity contribution in [3.05, 3.63) is 66.2 Å². The zero-order chi connectivity index (χ0) is 21.9. The highest BCUT2D eigenvalue weighted by Gasteiger charge is 2.31. The number of hydrogen-bond donors (Lipinski definition) is 0. The lowest BCUT2D eigenvalue weighted by Crippen LogP contribution is -2.16. The summed E-state index contributed by atoms with van der Waals surface area (Å²) in [5.74, 6) is -0.837. The average molecular weight is 427 g/mol. The Hall–Kier alpha value is -3.56. The van der Waals surface area contributed by atoms with Crippen LogP contribution in [0.3, 0.4) is 0 Å². The van der Waals surface area contributed by atoms with Gasteiger partial charge in [0.05, 0.1) is 11.4 Å². The minimum Gasteiger partial charge on any atom is -0.406 e. The van der Waals surface area contributed by atoms with Crippen LogP contribution >= 0.6 is 0 Å². The summed E-state index contributed by atoms with van der Waals surface area (Å²) in [6.45, 7) is 0. The summed E-state index contributed by atoms with van der Waals surface area (Å²) in [6.07, 6.45) is -9.10. The first-order chi connectivity index (χ1) is 14.0. The molecule has 0 saturated carbocycles. The molecule has 3 rings (SSSR count). The van der Waals surface area contributed by atoms with Gasteiger partial charge in [-0.1, -0.05) is 0 Å². The van der Waals surface area contributed by atoms with Crippen molar-refractivity contribution in [2.75, 3.05) is 0 Å². The Bertz CT molecular complexity index is 951. The Morgan fingerprint density at radius 3 is 1.33 bits per heavy atom. The molecular formula is C20H11F6NO3. The van der Waals surface area contributed by atoms with Gasteiger partial charge >= 0.3 is 12.7 Å². The molecule has 0 aliphatic heterocycles. The van der Waals surface area contributed by atoms with E-state index in [1.165, 1.54) is 36.4 Å². The lowest BCUT2D eigenvalue weighted by Gasteiger charge is -2.11. The fourth-order valence-electron chi connectivity index (χ4n) is 2.57. The maximum Gasteiger partial charge on any atom is 0.573 e. The number of benzene rings is 2. The maximum atomic E-state index is 12.3. The summed E-state index contributed by atoms with van der Waals surface area (Å²) >= 11 is 0. The molecule has 0 unspecified atom stereocenters. The molecule has 4 nitrogen and oxygen atoms in total.